The Kier molecular flexibility index (Phi) is 5.58. The van der Waals surface area contributed by atoms with Crippen LogP contribution in [0.5, 0.6) is 0 Å². The lowest BCUT2D eigenvalue weighted by atomic mass is 10.0. The van der Waals surface area contributed by atoms with Crippen molar-refractivity contribution in [3.8, 4) is 0 Å². The number of aliphatic hydroxyl groups is 1. The number of unbranched alkanes of at least 4 members (excludes halogenated alkanes) is 3. The Bertz CT molecular complexity index is 604. The summed E-state index contributed by atoms with van der Waals surface area (Å²) in [5, 5.41) is 14.1. The zero-order chi connectivity index (χ0) is 17.8. The molecular weight excluding hydrogens is 323 g/mol. The number of hydrogen-bond donors (Lipinski definition) is 1. The number of pyridine rings is 1. The van der Waals surface area contributed by atoms with E-state index in [9.17, 15) is 23.1 Å². The van der Waals surface area contributed by atoms with E-state index in [-0.39, 0.29) is 16.3 Å². The Morgan fingerprint density at radius 3 is 2.71 bits per heavy atom. The van der Waals surface area contributed by atoms with Crippen LogP contribution >= 0.6 is 0 Å². The zero-order valence-electron chi connectivity index (χ0n) is 13.4. The second kappa shape index (κ2) is 7.29. The van der Waals surface area contributed by atoms with Gasteiger partial charge in [-0.25, -0.2) is 0 Å². The predicted molar refractivity (Wildman–Crippen MR) is 82.2 cm³/mol. The molecular formula is C16H20F3N3O2. The molecule has 0 fully saturated rings. The summed E-state index contributed by atoms with van der Waals surface area (Å²) in [5.41, 5.74) is -3.18. The number of halogens is 3. The molecule has 0 spiro atoms. The van der Waals surface area contributed by atoms with Crippen LogP contribution in [0.1, 0.15) is 55.8 Å². The van der Waals surface area contributed by atoms with Gasteiger partial charge in [0.2, 0.25) is 0 Å². The van der Waals surface area contributed by atoms with Crippen LogP contribution in [-0.2, 0) is 0 Å². The van der Waals surface area contributed by atoms with Gasteiger partial charge in [0, 0.05) is 24.5 Å². The minimum absolute atomic E-state index is 0.0591. The summed E-state index contributed by atoms with van der Waals surface area (Å²) >= 11 is 0. The topological polar surface area (TPSA) is 65.8 Å². The summed E-state index contributed by atoms with van der Waals surface area (Å²) < 4.78 is 40.1. The maximum Gasteiger partial charge on any atom is 0.438 e. The lowest BCUT2D eigenvalue weighted by Crippen LogP contribution is -2.56. The Hall–Kier alpha value is -1.96. The summed E-state index contributed by atoms with van der Waals surface area (Å²) in [6, 6.07) is 2.77. The van der Waals surface area contributed by atoms with Gasteiger partial charge in [0.1, 0.15) is 0 Å². The average molecular weight is 343 g/mol. The Balaban J connectivity index is 2.22. The van der Waals surface area contributed by atoms with Crippen molar-refractivity contribution in [3.05, 3.63) is 30.1 Å². The molecule has 0 aromatic carbocycles. The second-order valence-electron chi connectivity index (χ2n) is 5.83. The molecule has 1 unspecified atom stereocenters. The number of hydrazone groups is 1. The van der Waals surface area contributed by atoms with Gasteiger partial charge in [-0.15, -0.1) is 0 Å². The lowest BCUT2D eigenvalue weighted by molar-refractivity contribution is -0.297. The highest BCUT2D eigenvalue weighted by Crippen LogP contribution is 2.41. The van der Waals surface area contributed by atoms with Crippen LogP contribution in [0.2, 0.25) is 0 Å². The molecule has 0 radical (unpaired) electrons. The van der Waals surface area contributed by atoms with E-state index in [1.807, 2.05) is 6.92 Å². The van der Waals surface area contributed by atoms with E-state index in [4.69, 9.17) is 0 Å². The van der Waals surface area contributed by atoms with Crippen molar-refractivity contribution in [1.29, 1.82) is 0 Å². The maximum atomic E-state index is 13.4. The Labute approximate surface area is 138 Å². The highest BCUT2D eigenvalue weighted by Gasteiger charge is 2.63. The van der Waals surface area contributed by atoms with E-state index in [1.165, 1.54) is 18.3 Å². The van der Waals surface area contributed by atoms with E-state index in [0.717, 1.165) is 25.5 Å². The summed E-state index contributed by atoms with van der Waals surface area (Å²) in [7, 11) is 0. The van der Waals surface area contributed by atoms with Gasteiger partial charge in [-0.05, 0) is 25.0 Å². The summed E-state index contributed by atoms with van der Waals surface area (Å²) in [5.74, 6) is -1.02. The van der Waals surface area contributed by atoms with E-state index in [0.29, 0.717) is 12.8 Å². The fourth-order valence-electron chi connectivity index (χ4n) is 2.56. The van der Waals surface area contributed by atoms with Gasteiger partial charge < -0.3 is 5.11 Å². The maximum absolute atomic E-state index is 13.4. The van der Waals surface area contributed by atoms with Crippen molar-refractivity contribution in [1.82, 2.24) is 9.99 Å². The number of nitrogens with zero attached hydrogens (tertiary/aromatic N) is 3. The molecule has 1 amide bonds. The molecule has 132 valence electrons. The van der Waals surface area contributed by atoms with Crippen molar-refractivity contribution in [2.75, 3.05) is 0 Å². The number of carbonyl (C=O) groups is 1. The van der Waals surface area contributed by atoms with Crippen molar-refractivity contribution >= 4 is 11.6 Å². The molecule has 8 heteroatoms. The fourth-order valence-corrected chi connectivity index (χ4v) is 2.56. The molecule has 1 atom stereocenters. The van der Waals surface area contributed by atoms with Crippen LogP contribution in [0.15, 0.2) is 29.6 Å². The van der Waals surface area contributed by atoms with E-state index in [2.05, 4.69) is 10.1 Å². The molecule has 0 saturated carbocycles. The van der Waals surface area contributed by atoms with Gasteiger partial charge in [-0.2, -0.15) is 23.3 Å². The van der Waals surface area contributed by atoms with Gasteiger partial charge in [-0.1, -0.05) is 26.2 Å². The van der Waals surface area contributed by atoms with Gasteiger partial charge in [-0.3, -0.25) is 9.78 Å². The van der Waals surface area contributed by atoms with E-state index in [1.54, 1.807) is 0 Å². The highest BCUT2D eigenvalue weighted by molar-refractivity contribution is 5.98. The summed E-state index contributed by atoms with van der Waals surface area (Å²) in [4.78, 5) is 16.1. The van der Waals surface area contributed by atoms with Crippen LogP contribution in [0.3, 0.4) is 0 Å². The molecule has 1 aliphatic heterocycles. The molecule has 1 aromatic heterocycles. The molecule has 0 aliphatic carbocycles. The van der Waals surface area contributed by atoms with Crippen LogP contribution in [0.25, 0.3) is 0 Å². The summed E-state index contributed by atoms with van der Waals surface area (Å²) in [6.07, 6.45) is 0.697. The molecule has 0 saturated heterocycles. The first-order valence-corrected chi connectivity index (χ1v) is 7.89. The molecule has 0 bridgehead atoms. The van der Waals surface area contributed by atoms with Crippen LogP contribution in [0.4, 0.5) is 13.2 Å². The van der Waals surface area contributed by atoms with E-state index < -0.39 is 24.2 Å². The van der Waals surface area contributed by atoms with Crippen molar-refractivity contribution in [2.24, 2.45) is 5.10 Å². The smallest absolute Gasteiger partial charge is 0.362 e. The molecule has 2 heterocycles. The Morgan fingerprint density at radius 2 is 2.12 bits per heavy atom. The quantitative estimate of drug-likeness (QED) is 0.804. The average Bonchev–Trinajstić information content (AvgIpc) is 2.90. The molecule has 1 N–H and O–H groups in total. The first-order valence-electron chi connectivity index (χ1n) is 7.89. The predicted octanol–water partition coefficient (Wildman–Crippen LogP) is 3.50. The third-order valence-corrected chi connectivity index (χ3v) is 3.92. The van der Waals surface area contributed by atoms with E-state index >= 15 is 0 Å². The monoisotopic (exact) mass is 343 g/mol. The number of hydrogen-bond acceptors (Lipinski definition) is 4. The van der Waals surface area contributed by atoms with Gasteiger partial charge >= 0.3 is 6.18 Å². The SMILES string of the molecule is CCCCCCC1=NN(C(=O)c2cccnc2)C(O)(C(F)(F)F)C1. The number of carbonyl (C=O) groups excluding carboxylic acids is 1. The minimum Gasteiger partial charge on any atom is -0.362 e. The largest absolute Gasteiger partial charge is 0.438 e. The molecule has 24 heavy (non-hydrogen) atoms. The summed E-state index contributed by atoms with van der Waals surface area (Å²) in [6.45, 7) is 2.03. The fraction of sp³-hybridized carbons (Fsp3) is 0.562. The molecule has 1 aliphatic rings. The highest BCUT2D eigenvalue weighted by atomic mass is 19.4. The molecule has 2 rings (SSSR count). The number of amides is 1. The lowest BCUT2D eigenvalue weighted by Gasteiger charge is -2.32. The number of rotatable bonds is 6. The standard InChI is InChI=1S/C16H20F3N3O2/c1-2-3-4-5-8-13-10-15(24,16(17,18)19)22(21-13)14(23)12-7-6-9-20-11-12/h6-7,9,11,24H,2-5,8,10H2,1H3. The van der Waals surface area contributed by atoms with Gasteiger partial charge in [0.15, 0.2) is 0 Å². The second-order valence-corrected chi connectivity index (χ2v) is 5.83. The van der Waals surface area contributed by atoms with Crippen molar-refractivity contribution < 1.29 is 23.1 Å². The number of aromatic nitrogens is 1. The van der Waals surface area contributed by atoms with Crippen molar-refractivity contribution in [3.63, 3.8) is 0 Å². The first-order chi connectivity index (χ1) is 11.3. The zero-order valence-corrected chi connectivity index (χ0v) is 13.4. The van der Waals surface area contributed by atoms with Crippen LogP contribution < -0.4 is 0 Å². The third-order valence-electron chi connectivity index (χ3n) is 3.92. The normalized spacial score (nSPS) is 21.0. The Morgan fingerprint density at radius 1 is 1.38 bits per heavy atom. The van der Waals surface area contributed by atoms with Crippen molar-refractivity contribution in [2.45, 2.75) is 57.3 Å². The molecule has 5 nitrogen and oxygen atoms in total. The molecule has 1 aromatic rings. The third kappa shape index (κ3) is 3.75. The van der Waals surface area contributed by atoms with Gasteiger partial charge in [0.25, 0.3) is 11.6 Å². The first kappa shape index (κ1) is 18.4. The van der Waals surface area contributed by atoms with Gasteiger partial charge in [0.05, 0.1) is 5.56 Å². The van der Waals surface area contributed by atoms with Crippen LogP contribution in [0, 0.1) is 0 Å². The minimum atomic E-state index is -5.00. The number of alkyl halides is 3. The van der Waals surface area contributed by atoms with Crippen LogP contribution in [-0.4, -0.2) is 38.6 Å².